The maximum Gasteiger partial charge on any atom is 0.293 e. The Morgan fingerprint density at radius 2 is 2.35 bits per heavy atom. The first kappa shape index (κ1) is 12.0. The van der Waals surface area contributed by atoms with Crippen molar-refractivity contribution in [3.63, 3.8) is 0 Å². The molecule has 1 aliphatic carbocycles. The lowest BCUT2D eigenvalue weighted by Gasteiger charge is -2.14. The highest BCUT2D eigenvalue weighted by molar-refractivity contribution is 5.90. The lowest BCUT2D eigenvalue weighted by atomic mass is 10.4. The fourth-order valence-electron chi connectivity index (χ4n) is 1.53. The first-order valence-electron chi connectivity index (χ1n) is 5.98. The van der Waals surface area contributed by atoms with Crippen molar-refractivity contribution in [3.8, 4) is 0 Å². The Labute approximate surface area is 100 Å². The minimum absolute atomic E-state index is 0.159. The van der Waals surface area contributed by atoms with E-state index in [2.05, 4.69) is 15.2 Å². The quantitative estimate of drug-likeness (QED) is 0.744. The summed E-state index contributed by atoms with van der Waals surface area (Å²) in [5.41, 5.74) is 0. The Morgan fingerprint density at radius 3 is 3.00 bits per heavy atom. The van der Waals surface area contributed by atoms with Gasteiger partial charge in [0, 0.05) is 26.1 Å². The van der Waals surface area contributed by atoms with Crippen LogP contribution in [0.1, 0.15) is 42.1 Å². The number of nitrogens with zero attached hydrogens (tertiary/aromatic N) is 3. The maximum absolute atomic E-state index is 11.9. The van der Waals surface area contributed by atoms with Gasteiger partial charge in [-0.05, 0) is 19.8 Å². The van der Waals surface area contributed by atoms with Crippen molar-refractivity contribution >= 4 is 5.91 Å². The summed E-state index contributed by atoms with van der Waals surface area (Å²) in [6.07, 6.45) is 2.28. The maximum atomic E-state index is 11.9. The SMILES string of the molecule is CCOCCN(C)C(=O)c1n[nH]c(C2CC2)n1. The van der Waals surface area contributed by atoms with Gasteiger partial charge >= 0.3 is 0 Å². The van der Waals surface area contributed by atoms with E-state index < -0.39 is 0 Å². The number of H-pyrrole nitrogens is 1. The van der Waals surface area contributed by atoms with Crippen LogP contribution in [0.2, 0.25) is 0 Å². The fraction of sp³-hybridized carbons (Fsp3) is 0.727. The van der Waals surface area contributed by atoms with Crippen molar-refractivity contribution in [2.24, 2.45) is 0 Å². The molecule has 1 N–H and O–H groups in total. The number of nitrogens with one attached hydrogen (secondary N) is 1. The molecule has 0 unspecified atom stereocenters. The fourth-order valence-corrected chi connectivity index (χ4v) is 1.53. The molecule has 0 bridgehead atoms. The lowest BCUT2D eigenvalue weighted by Crippen LogP contribution is -2.31. The minimum atomic E-state index is -0.159. The zero-order chi connectivity index (χ0) is 12.3. The number of hydrogen-bond donors (Lipinski definition) is 1. The molecule has 17 heavy (non-hydrogen) atoms. The summed E-state index contributed by atoms with van der Waals surface area (Å²) in [5, 5.41) is 6.79. The van der Waals surface area contributed by atoms with Crippen molar-refractivity contribution < 1.29 is 9.53 Å². The van der Waals surface area contributed by atoms with Crippen LogP contribution < -0.4 is 0 Å². The first-order valence-corrected chi connectivity index (χ1v) is 5.98. The van der Waals surface area contributed by atoms with E-state index in [9.17, 15) is 4.79 Å². The van der Waals surface area contributed by atoms with E-state index in [1.165, 1.54) is 0 Å². The number of aromatic amines is 1. The summed E-state index contributed by atoms with van der Waals surface area (Å²) < 4.78 is 5.20. The van der Waals surface area contributed by atoms with Gasteiger partial charge < -0.3 is 9.64 Å². The van der Waals surface area contributed by atoms with Gasteiger partial charge in [-0.3, -0.25) is 9.89 Å². The Bertz CT molecular complexity index is 387. The monoisotopic (exact) mass is 238 g/mol. The number of likely N-dealkylation sites (N-methyl/N-ethyl adjacent to an activating group) is 1. The summed E-state index contributed by atoms with van der Waals surface area (Å²) in [5.74, 6) is 1.42. The molecule has 0 spiro atoms. The molecule has 1 aliphatic rings. The third-order valence-corrected chi connectivity index (χ3v) is 2.78. The van der Waals surface area contributed by atoms with Crippen LogP contribution in [0, 0.1) is 0 Å². The number of carbonyl (C=O) groups excluding carboxylic acids is 1. The molecule has 1 aromatic rings. The zero-order valence-corrected chi connectivity index (χ0v) is 10.3. The Morgan fingerprint density at radius 1 is 1.59 bits per heavy atom. The van der Waals surface area contributed by atoms with Gasteiger partial charge in [-0.2, -0.15) is 0 Å². The van der Waals surface area contributed by atoms with Crippen LogP contribution >= 0.6 is 0 Å². The highest BCUT2D eigenvalue weighted by Gasteiger charge is 2.28. The molecule has 6 nitrogen and oxygen atoms in total. The Hall–Kier alpha value is -1.43. The molecule has 0 aromatic carbocycles. The van der Waals surface area contributed by atoms with Gasteiger partial charge in [0.1, 0.15) is 5.82 Å². The van der Waals surface area contributed by atoms with Crippen LogP contribution in [0.5, 0.6) is 0 Å². The number of amides is 1. The van der Waals surface area contributed by atoms with Crippen molar-refractivity contribution in [3.05, 3.63) is 11.6 Å². The second-order valence-corrected chi connectivity index (χ2v) is 4.24. The van der Waals surface area contributed by atoms with E-state index in [0.717, 1.165) is 18.7 Å². The third-order valence-electron chi connectivity index (χ3n) is 2.78. The normalized spacial score (nSPS) is 14.9. The highest BCUT2D eigenvalue weighted by Crippen LogP contribution is 2.37. The molecule has 0 aliphatic heterocycles. The topological polar surface area (TPSA) is 71.1 Å². The number of hydrogen-bond acceptors (Lipinski definition) is 4. The Kier molecular flexibility index (Phi) is 3.73. The van der Waals surface area contributed by atoms with E-state index in [1.54, 1.807) is 11.9 Å². The molecule has 1 fully saturated rings. The van der Waals surface area contributed by atoms with E-state index in [1.807, 2.05) is 6.92 Å². The van der Waals surface area contributed by atoms with E-state index in [0.29, 0.717) is 25.7 Å². The van der Waals surface area contributed by atoms with E-state index >= 15 is 0 Å². The molecule has 0 atom stereocenters. The number of aromatic nitrogens is 3. The summed E-state index contributed by atoms with van der Waals surface area (Å²) in [7, 11) is 1.73. The third kappa shape index (κ3) is 3.03. The molecular formula is C11H18N4O2. The van der Waals surface area contributed by atoms with Crippen molar-refractivity contribution in [2.45, 2.75) is 25.7 Å². The molecule has 1 aromatic heterocycles. The molecule has 0 radical (unpaired) electrons. The minimum Gasteiger partial charge on any atom is -0.380 e. The largest absolute Gasteiger partial charge is 0.380 e. The van der Waals surface area contributed by atoms with Gasteiger partial charge in [0.05, 0.1) is 6.61 Å². The van der Waals surface area contributed by atoms with Gasteiger partial charge in [-0.1, -0.05) is 0 Å². The van der Waals surface area contributed by atoms with Crippen molar-refractivity contribution in [1.82, 2.24) is 20.1 Å². The number of ether oxygens (including phenoxy) is 1. The van der Waals surface area contributed by atoms with Crippen LogP contribution in [0.15, 0.2) is 0 Å². The summed E-state index contributed by atoms with van der Waals surface area (Å²) in [4.78, 5) is 17.7. The van der Waals surface area contributed by atoms with E-state index in [4.69, 9.17) is 4.74 Å². The van der Waals surface area contributed by atoms with Gasteiger partial charge in [-0.15, -0.1) is 5.10 Å². The summed E-state index contributed by atoms with van der Waals surface area (Å²) >= 11 is 0. The van der Waals surface area contributed by atoms with Crippen molar-refractivity contribution in [2.75, 3.05) is 26.8 Å². The first-order chi connectivity index (χ1) is 8.22. The zero-order valence-electron chi connectivity index (χ0n) is 10.3. The lowest BCUT2D eigenvalue weighted by molar-refractivity contribution is 0.0699. The predicted molar refractivity (Wildman–Crippen MR) is 61.8 cm³/mol. The summed E-state index contributed by atoms with van der Waals surface area (Å²) in [6.45, 7) is 3.69. The Balaban J connectivity index is 1.88. The molecule has 2 rings (SSSR count). The molecule has 0 saturated heterocycles. The second kappa shape index (κ2) is 5.27. The van der Waals surface area contributed by atoms with Crippen molar-refractivity contribution in [1.29, 1.82) is 0 Å². The van der Waals surface area contributed by atoms with Gasteiger partial charge in [0.25, 0.3) is 5.91 Å². The smallest absolute Gasteiger partial charge is 0.293 e. The summed E-state index contributed by atoms with van der Waals surface area (Å²) in [6, 6.07) is 0. The predicted octanol–water partition coefficient (Wildman–Crippen LogP) is 0.791. The average Bonchev–Trinajstić information content (AvgIpc) is 3.07. The van der Waals surface area contributed by atoms with Gasteiger partial charge in [0.15, 0.2) is 0 Å². The van der Waals surface area contributed by atoms with Gasteiger partial charge in [-0.25, -0.2) is 4.98 Å². The molecule has 1 heterocycles. The highest BCUT2D eigenvalue weighted by atomic mass is 16.5. The van der Waals surface area contributed by atoms with Crippen LogP contribution in [-0.2, 0) is 4.74 Å². The van der Waals surface area contributed by atoms with Crippen LogP contribution in [0.3, 0.4) is 0 Å². The van der Waals surface area contributed by atoms with Crippen LogP contribution in [0.4, 0.5) is 0 Å². The second-order valence-electron chi connectivity index (χ2n) is 4.24. The van der Waals surface area contributed by atoms with Crippen LogP contribution in [0.25, 0.3) is 0 Å². The van der Waals surface area contributed by atoms with Crippen LogP contribution in [-0.4, -0.2) is 52.8 Å². The standard InChI is InChI=1S/C11H18N4O2/c1-3-17-7-6-15(2)11(16)10-12-9(13-14-10)8-4-5-8/h8H,3-7H2,1-2H3,(H,12,13,14). The number of rotatable bonds is 6. The average molecular weight is 238 g/mol. The molecule has 6 heteroatoms. The molecule has 1 amide bonds. The van der Waals surface area contributed by atoms with E-state index in [-0.39, 0.29) is 11.7 Å². The molecule has 1 saturated carbocycles. The van der Waals surface area contributed by atoms with Gasteiger partial charge in [0.2, 0.25) is 5.82 Å². The molecular weight excluding hydrogens is 220 g/mol. The molecule has 94 valence electrons. The number of carbonyl (C=O) groups is 1.